The second-order valence-corrected chi connectivity index (χ2v) is 12.3. The molecule has 2 aromatic carbocycles. The number of fused-ring (bicyclic) bond motifs is 1. The number of aromatic nitrogens is 2. The van der Waals surface area contributed by atoms with E-state index in [4.69, 9.17) is 16.3 Å². The average Bonchev–Trinajstić information content (AvgIpc) is 3.29. The van der Waals surface area contributed by atoms with Crippen molar-refractivity contribution in [3.05, 3.63) is 84.4 Å². The molecule has 1 aliphatic rings. The molecule has 0 saturated carbocycles. The van der Waals surface area contributed by atoms with Gasteiger partial charge in [0, 0.05) is 29.1 Å². The van der Waals surface area contributed by atoms with E-state index in [9.17, 15) is 18.0 Å². The lowest BCUT2D eigenvalue weighted by atomic mass is 10.1. The van der Waals surface area contributed by atoms with Gasteiger partial charge in [-0.25, -0.2) is 13.2 Å². The van der Waals surface area contributed by atoms with Gasteiger partial charge < -0.3 is 9.72 Å². The SMILES string of the molecule is C=CCO[C@@H]1CCN(Cc2cc3[nH]c(=O)n(Cc4cc(Cl)ccc4S(=O)(=O)CC)c(=O)c3cc2Br)C1. The van der Waals surface area contributed by atoms with Crippen molar-refractivity contribution in [2.45, 2.75) is 37.4 Å². The Bertz CT molecular complexity index is 1530. The van der Waals surface area contributed by atoms with E-state index in [1.807, 2.05) is 0 Å². The van der Waals surface area contributed by atoms with Crippen LogP contribution in [-0.2, 0) is 27.7 Å². The number of hydrogen-bond donors (Lipinski definition) is 1. The van der Waals surface area contributed by atoms with Crippen LogP contribution in [0.4, 0.5) is 0 Å². The molecular formula is C25H27BrClN3O5S. The largest absolute Gasteiger partial charge is 0.373 e. The van der Waals surface area contributed by atoms with E-state index >= 15 is 0 Å². The Morgan fingerprint density at radius 2 is 2.00 bits per heavy atom. The van der Waals surface area contributed by atoms with E-state index in [1.54, 1.807) is 18.2 Å². The van der Waals surface area contributed by atoms with Crippen LogP contribution in [0.3, 0.4) is 0 Å². The summed E-state index contributed by atoms with van der Waals surface area (Å²) in [5.74, 6) is -0.113. The number of nitrogens with one attached hydrogen (secondary N) is 1. The standard InChI is InChI=1S/C25H27BrClN3O5S/c1-3-9-35-19-7-8-29(15-19)13-16-11-22-20(12-21(16)26)24(31)30(25(32)28-22)14-17-10-18(27)5-6-23(17)36(33,34)4-2/h3,5-6,10-12,19H,1,4,7-9,13-15H2,2H3,(H,28,32)/t19-/m1/s1. The van der Waals surface area contributed by atoms with Crippen molar-refractivity contribution in [1.82, 2.24) is 14.5 Å². The Hall–Kier alpha value is -2.24. The fraction of sp³-hybridized carbons (Fsp3) is 0.360. The second-order valence-electron chi connectivity index (χ2n) is 8.73. The highest BCUT2D eigenvalue weighted by Gasteiger charge is 2.24. The van der Waals surface area contributed by atoms with Gasteiger partial charge in [0.15, 0.2) is 9.84 Å². The minimum Gasteiger partial charge on any atom is -0.373 e. The molecule has 1 N–H and O–H groups in total. The third kappa shape index (κ3) is 5.68. The number of sulfone groups is 1. The molecule has 0 radical (unpaired) electrons. The van der Waals surface area contributed by atoms with Gasteiger partial charge in [0.05, 0.1) is 40.8 Å². The van der Waals surface area contributed by atoms with Crippen LogP contribution in [0.1, 0.15) is 24.5 Å². The van der Waals surface area contributed by atoms with Gasteiger partial charge in [-0.3, -0.25) is 14.3 Å². The third-order valence-electron chi connectivity index (χ3n) is 6.29. The molecule has 2 heterocycles. The van der Waals surface area contributed by atoms with Gasteiger partial charge in [-0.2, -0.15) is 0 Å². The van der Waals surface area contributed by atoms with Crippen molar-refractivity contribution in [3.8, 4) is 0 Å². The Labute approximate surface area is 222 Å². The Balaban J connectivity index is 1.67. The van der Waals surface area contributed by atoms with Crippen LogP contribution in [0.25, 0.3) is 10.9 Å². The van der Waals surface area contributed by atoms with Crippen LogP contribution >= 0.6 is 27.5 Å². The van der Waals surface area contributed by atoms with Crippen LogP contribution in [-0.4, -0.2) is 54.4 Å². The number of hydrogen-bond acceptors (Lipinski definition) is 6. The quantitative estimate of drug-likeness (QED) is 0.378. The minimum absolute atomic E-state index is 0.0540. The molecular weight excluding hydrogens is 570 g/mol. The summed E-state index contributed by atoms with van der Waals surface area (Å²) in [6, 6.07) is 7.86. The number of H-pyrrole nitrogens is 1. The molecule has 3 aromatic rings. The first-order chi connectivity index (χ1) is 17.1. The second kappa shape index (κ2) is 11.0. The molecule has 8 nitrogen and oxygen atoms in total. The number of rotatable bonds is 9. The fourth-order valence-electron chi connectivity index (χ4n) is 4.41. The molecule has 11 heteroatoms. The molecule has 1 aliphatic heterocycles. The molecule has 0 amide bonds. The lowest BCUT2D eigenvalue weighted by Gasteiger charge is -2.18. The maximum Gasteiger partial charge on any atom is 0.329 e. The van der Waals surface area contributed by atoms with E-state index in [0.29, 0.717) is 29.1 Å². The van der Waals surface area contributed by atoms with Crippen molar-refractivity contribution in [1.29, 1.82) is 0 Å². The first kappa shape index (κ1) is 26.8. The van der Waals surface area contributed by atoms with E-state index in [2.05, 4.69) is 32.4 Å². The van der Waals surface area contributed by atoms with Crippen molar-refractivity contribution in [2.75, 3.05) is 25.4 Å². The molecule has 0 aliphatic carbocycles. The summed E-state index contributed by atoms with van der Waals surface area (Å²) in [4.78, 5) is 31.4. The minimum atomic E-state index is -3.58. The van der Waals surface area contributed by atoms with Gasteiger partial charge in [-0.15, -0.1) is 6.58 Å². The summed E-state index contributed by atoms with van der Waals surface area (Å²) >= 11 is 9.68. The van der Waals surface area contributed by atoms with Crippen LogP contribution in [0, 0.1) is 0 Å². The lowest BCUT2D eigenvalue weighted by Crippen LogP contribution is -2.35. The Morgan fingerprint density at radius 3 is 2.72 bits per heavy atom. The Kier molecular flexibility index (Phi) is 8.21. The zero-order valence-corrected chi connectivity index (χ0v) is 23.0. The molecule has 1 fully saturated rings. The van der Waals surface area contributed by atoms with E-state index < -0.39 is 21.1 Å². The van der Waals surface area contributed by atoms with Gasteiger partial charge in [0.2, 0.25) is 0 Å². The monoisotopic (exact) mass is 595 g/mol. The summed E-state index contributed by atoms with van der Waals surface area (Å²) in [5.41, 5.74) is 0.505. The lowest BCUT2D eigenvalue weighted by molar-refractivity contribution is 0.0795. The van der Waals surface area contributed by atoms with Crippen molar-refractivity contribution >= 4 is 48.3 Å². The topological polar surface area (TPSA) is 101 Å². The van der Waals surface area contributed by atoms with Gasteiger partial charge in [0.25, 0.3) is 5.56 Å². The van der Waals surface area contributed by atoms with Crippen LogP contribution in [0.15, 0.2) is 61.9 Å². The number of ether oxygens (including phenoxy) is 1. The van der Waals surface area contributed by atoms with Gasteiger partial charge in [0.1, 0.15) is 0 Å². The molecule has 1 saturated heterocycles. The van der Waals surface area contributed by atoms with E-state index in [-0.39, 0.29) is 28.9 Å². The van der Waals surface area contributed by atoms with Gasteiger partial charge in [-0.1, -0.05) is 40.5 Å². The number of benzene rings is 2. The van der Waals surface area contributed by atoms with Crippen LogP contribution in [0.2, 0.25) is 5.02 Å². The third-order valence-corrected chi connectivity index (χ3v) is 9.09. The highest BCUT2D eigenvalue weighted by Crippen LogP contribution is 2.26. The van der Waals surface area contributed by atoms with Crippen molar-refractivity contribution < 1.29 is 13.2 Å². The fourth-order valence-corrected chi connectivity index (χ4v) is 6.18. The number of aromatic amines is 1. The van der Waals surface area contributed by atoms with Gasteiger partial charge >= 0.3 is 5.69 Å². The van der Waals surface area contributed by atoms with Crippen LogP contribution < -0.4 is 11.2 Å². The summed E-state index contributed by atoms with van der Waals surface area (Å²) in [6.45, 7) is 7.82. The molecule has 192 valence electrons. The highest BCUT2D eigenvalue weighted by atomic mass is 79.9. The Morgan fingerprint density at radius 1 is 1.22 bits per heavy atom. The summed E-state index contributed by atoms with van der Waals surface area (Å²) in [7, 11) is -3.58. The normalized spacial score (nSPS) is 16.6. The average molecular weight is 597 g/mol. The molecule has 0 spiro atoms. The zero-order chi connectivity index (χ0) is 26.0. The molecule has 0 unspecified atom stereocenters. The zero-order valence-electron chi connectivity index (χ0n) is 19.8. The number of halogens is 2. The summed E-state index contributed by atoms with van der Waals surface area (Å²) in [6.07, 6.45) is 2.82. The predicted molar refractivity (Wildman–Crippen MR) is 145 cm³/mol. The molecule has 4 rings (SSSR count). The summed E-state index contributed by atoms with van der Waals surface area (Å²) in [5, 5.41) is 0.637. The van der Waals surface area contributed by atoms with E-state index in [1.165, 1.54) is 25.1 Å². The highest BCUT2D eigenvalue weighted by molar-refractivity contribution is 9.10. The first-order valence-corrected chi connectivity index (χ1v) is 14.4. The molecule has 36 heavy (non-hydrogen) atoms. The maximum absolute atomic E-state index is 13.3. The maximum atomic E-state index is 13.3. The summed E-state index contributed by atoms with van der Waals surface area (Å²) < 4.78 is 32.6. The van der Waals surface area contributed by atoms with Crippen molar-refractivity contribution in [2.24, 2.45) is 0 Å². The number of nitrogens with zero attached hydrogens (tertiary/aromatic N) is 2. The number of likely N-dealkylation sites (tertiary alicyclic amines) is 1. The molecule has 1 aromatic heterocycles. The molecule has 0 bridgehead atoms. The van der Waals surface area contributed by atoms with Crippen LogP contribution in [0.5, 0.6) is 0 Å². The van der Waals surface area contributed by atoms with Gasteiger partial charge in [-0.05, 0) is 47.9 Å². The van der Waals surface area contributed by atoms with E-state index in [0.717, 1.165) is 34.1 Å². The predicted octanol–water partition coefficient (Wildman–Crippen LogP) is 3.72. The smallest absolute Gasteiger partial charge is 0.329 e. The van der Waals surface area contributed by atoms with Crippen molar-refractivity contribution in [3.63, 3.8) is 0 Å². The molecule has 1 atom stereocenters. The first-order valence-electron chi connectivity index (χ1n) is 11.5.